The highest BCUT2D eigenvalue weighted by atomic mass is 16.6. The van der Waals surface area contributed by atoms with Crippen LogP contribution in [-0.4, -0.2) is 80.6 Å². The summed E-state index contributed by atoms with van der Waals surface area (Å²) in [5.41, 5.74) is -0.882. The largest absolute Gasteiger partial charge is 0.446 e. The van der Waals surface area contributed by atoms with Crippen molar-refractivity contribution in [3.63, 3.8) is 0 Å². The minimum atomic E-state index is -0.455. The van der Waals surface area contributed by atoms with Crippen LogP contribution in [0.15, 0.2) is 21.2 Å². The van der Waals surface area contributed by atoms with Crippen LogP contribution >= 0.6 is 0 Å². The number of aryl methyl sites for hydroxylation is 1. The number of nitrogens with zero attached hydrogens (tertiary/aromatic N) is 4. The molecule has 4 heterocycles. The summed E-state index contributed by atoms with van der Waals surface area (Å²) in [4.78, 5) is 51.1. The Morgan fingerprint density at radius 1 is 0.875 bits per heavy atom. The number of oxazole rings is 2. The first kappa shape index (κ1) is 32.5. The average Bonchev–Trinajstić information content (AvgIpc) is 3.39. The number of aliphatic hydroxyl groups excluding tert-OH is 1. The van der Waals surface area contributed by atoms with E-state index in [4.69, 9.17) is 33.0 Å². The third kappa shape index (κ3) is 11.2. The second-order valence-electron chi connectivity index (χ2n) is 11.7. The van der Waals surface area contributed by atoms with Crippen LogP contribution in [0.2, 0.25) is 0 Å². The molecule has 0 spiro atoms. The lowest BCUT2D eigenvalue weighted by Gasteiger charge is -2.39. The van der Waals surface area contributed by atoms with Crippen LogP contribution in [0.5, 0.6) is 0 Å². The average molecular weight is 565 g/mol. The van der Waals surface area contributed by atoms with Crippen LogP contribution in [0.3, 0.4) is 0 Å². The molecular weight excluding hydrogens is 524 g/mol. The first-order chi connectivity index (χ1) is 18.6. The van der Waals surface area contributed by atoms with Crippen LogP contribution in [0, 0.1) is 18.8 Å². The van der Waals surface area contributed by atoms with Crippen molar-refractivity contribution in [2.24, 2.45) is 11.8 Å². The Morgan fingerprint density at radius 2 is 1.27 bits per heavy atom. The number of ether oxygens (including phenoxy) is 2. The number of carbonyl (C=O) groups is 2. The molecule has 0 aliphatic carbocycles. The maximum absolute atomic E-state index is 11.7. The van der Waals surface area contributed by atoms with E-state index in [1.807, 2.05) is 48.5 Å². The molecule has 4 rings (SSSR count). The molecule has 2 aromatic heterocycles. The molecule has 2 aliphatic heterocycles. The Balaban J connectivity index is 0.000000256. The third-order valence-corrected chi connectivity index (χ3v) is 5.60. The topological polar surface area (TPSA) is 166 Å². The molecule has 2 amide bonds. The van der Waals surface area contributed by atoms with Crippen LogP contribution < -0.4 is 0 Å². The van der Waals surface area contributed by atoms with Crippen molar-refractivity contribution in [3.05, 3.63) is 35.7 Å². The van der Waals surface area contributed by atoms with Crippen molar-refractivity contribution in [2.45, 2.75) is 79.1 Å². The van der Waals surface area contributed by atoms with Gasteiger partial charge in [-0.25, -0.2) is 19.6 Å². The predicted octanol–water partition coefficient (Wildman–Crippen LogP) is 3.39. The van der Waals surface area contributed by atoms with Crippen molar-refractivity contribution in [1.82, 2.24) is 19.8 Å². The first-order valence-corrected chi connectivity index (χ1v) is 13.0. The molecule has 0 bridgehead atoms. The molecule has 2 aromatic rings. The molecule has 1 N–H and O–H groups in total. The third-order valence-electron chi connectivity index (χ3n) is 5.60. The molecule has 0 unspecified atom stereocenters. The van der Waals surface area contributed by atoms with Crippen LogP contribution in [-0.2, 0) is 38.5 Å². The monoisotopic (exact) mass is 564 g/mol. The van der Waals surface area contributed by atoms with E-state index in [-0.39, 0.29) is 24.9 Å². The van der Waals surface area contributed by atoms with Gasteiger partial charge in [-0.05, 0) is 41.5 Å². The van der Waals surface area contributed by atoms with Gasteiger partial charge in [0.25, 0.3) is 0 Å². The molecule has 0 atom stereocenters. The Hall–Kier alpha value is -3.70. The van der Waals surface area contributed by atoms with E-state index in [0.717, 1.165) is 37.5 Å². The van der Waals surface area contributed by atoms with Gasteiger partial charge in [0.2, 0.25) is 5.89 Å². The van der Waals surface area contributed by atoms with Gasteiger partial charge in [-0.3, -0.25) is 0 Å². The Kier molecular flexibility index (Phi) is 11.4. The number of likely N-dealkylation sites (tertiary alicyclic amines) is 2. The number of amides is 2. The number of carbonyl (C=O) groups excluding carboxylic acids is 4. The van der Waals surface area contributed by atoms with Crippen molar-refractivity contribution < 1.29 is 42.6 Å². The molecule has 0 radical (unpaired) electrons. The number of aromatic nitrogens is 2. The highest BCUT2D eigenvalue weighted by molar-refractivity contribution is 5.69. The summed E-state index contributed by atoms with van der Waals surface area (Å²) in [6.45, 7) is 15.6. The van der Waals surface area contributed by atoms with Crippen LogP contribution in [0.25, 0.3) is 0 Å². The van der Waals surface area contributed by atoms with E-state index in [1.165, 1.54) is 0 Å². The number of hydrogen-bond acceptors (Lipinski definition) is 11. The van der Waals surface area contributed by atoms with Gasteiger partial charge in [0.05, 0.1) is 12.4 Å². The summed E-state index contributed by atoms with van der Waals surface area (Å²) in [6, 6.07) is 0. The summed E-state index contributed by atoms with van der Waals surface area (Å²) in [6.07, 6.45) is 4.70. The fourth-order valence-electron chi connectivity index (χ4n) is 3.93. The van der Waals surface area contributed by atoms with Crippen LogP contribution in [0.1, 0.15) is 64.8 Å². The lowest BCUT2D eigenvalue weighted by atomic mass is 9.96. The van der Waals surface area contributed by atoms with E-state index in [1.54, 1.807) is 22.2 Å². The zero-order chi connectivity index (χ0) is 30.1. The summed E-state index contributed by atoms with van der Waals surface area (Å²) in [5, 5.41) is 8.85. The van der Waals surface area contributed by atoms with E-state index in [0.29, 0.717) is 36.7 Å². The first-order valence-electron chi connectivity index (χ1n) is 13.0. The lowest BCUT2D eigenvalue weighted by Crippen LogP contribution is -2.52. The van der Waals surface area contributed by atoms with Gasteiger partial charge in [0.15, 0.2) is 5.89 Å². The highest BCUT2D eigenvalue weighted by Crippen LogP contribution is 2.24. The van der Waals surface area contributed by atoms with Gasteiger partial charge < -0.3 is 33.2 Å². The molecule has 2 fully saturated rings. The van der Waals surface area contributed by atoms with Crippen molar-refractivity contribution in [1.29, 1.82) is 0 Å². The smallest absolute Gasteiger partial charge is 0.410 e. The Bertz CT molecular complexity index is 1130. The highest BCUT2D eigenvalue weighted by Gasteiger charge is 2.35. The molecule has 40 heavy (non-hydrogen) atoms. The summed E-state index contributed by atoms with van der Waals surface area (Å²) in [7, 11) is 0. The second-order valence-corrected chi connectivity index (χ2v) is 11.7. The molecule has 222 valence electrons. The number of aliphatic hydroxyl groups is 1. The molecular formula is C27H40N4O9. The van der Waals surface area contributed by atoms with E-state index in [9.17, 15) is 9.59 Å². The molecule has 0 aromatic carbocycles. The van der Waals surface area contributed by atoms with Crippen molar-refractivity contribution in [2.75, 3.05) is 26.2 Å². The molecule has 2 aliphatic rings. The Labute approximate surface area is 233 Å². The van der Waals surface area contributed by atoms with E-state index in [2.05, 4.69) is 9.97 Å². The SMILES string of the molecule is CC(C)(C)OC(=O)N1CC(Cc2cnc(CO)o2)C1.Cc1ncc(CC2CN(C(=O)OC(C)(C)C)C2)o1.O=C=O. The van der Waals surface area contributed by atoms with Crippen LogP contribution in [0.4, 0.5) is 9.59 Å². The fraction of sp³-hybridized carbons (Fsp3) is 0.667. The normalized spacial score (nSPS) is 15.4. The van der Waals surface area contributed by atoms with Gasteiger partial charge in [-0.1, -0.05) is 0 Å². The standard InChI is InChI=1S/C13H20N2O4.C13H20N2O3.CO2/c1-13(2,3)19-12(17)15-6-9(7-15)4-10-5-14-11(8-16)18-10;1-9-14-6-11(17-9)5-10-7-15(8-10)12(16)18-13(2,3)4;2-1-3/h5,9,16H,4,6-8H2,1-3H3;6,10H,5,7-8H2,1-4H3;. The molecule has 0 saturated carbocycles. The Morgan fingerprint density at radius 3 is 1.60 bits per heavy atom. The summed E-state index contributed by atoms with van der Waals surface area (Å²) >= 11 is 0. The zero-order valence-electron chi connectivity index (χ0n) is 24.3. The van der Waals surface area contributed by atoms with Gasteiger partial charge >= 0.3 is 18.3 Å². The van der Waals surface area contributed by atoms with Crippen molar-refractivity contribution >= 4 is 18.3 Å². The summed E-state index contributed by atoms with van der Waals surface area (Å²) < 4.78 is 21.3. The minimum absolute atomic E-state index is 0.186. The lowest BCUT2D eigenvalue weighted by molar-refractivity contribution is -0.191. The molecule has 13 heteroatoms. The quantitative estimate of drug-likeness (QED) is 0.566. The van der Waals surface area contributed by atoms with Crippen molar-refractivity contribution in [3.8, 4) is 0 Å². The maximum Gasteiger partial charge on any atom is 0.410 e. The number of hydrogen-bond donors (Lipinski definition) is 1. The second kappa shape index (κ2) is 14.1. The minimum Gasteiger partial charge on any atom is -0.446 e. The summed E-state index contributed by atoms with van der Waals surface area (Å²) in [5.74, 6) is 3.47. The predicted molar refractivity (Wildman–Crippen MR) is 139 cm³/mol. The molecule has 13 nitrogen and oxygen atoms in total. The zero-order valence-corrected chi connectivity index (χ0v) is 24.3. The van der Waals surface area contributed by atoms with E-state index < -0.39 is 11.2 Å². The van der Waals surface area contributed by atoms with Gasteiger partial charge in [-0.2, -0.15) is 9.59 Å². The number of rotatable bonds is 5. The maximum atomic E-state index is 11.7. The van der Waals surface area contributed by atoms with Gasteiger partial charge in [0, 0.05) is 57.8 Å². The van der Waals surface area contributed by atoms with Gasteiger partial charge in [-0.15, -0.1) is 0 Å². The molecule has 2 saturated heterocycles. The van der Waals surface area contributed by atoms with Gasteiger partial charge in [0.1, 0.15) is 29.3 Å². The fourth-order valence-corrected chi connectivity index (χ4v) is 3.93. The van der Waals surface area contributed by atoms with E-state index >= 15 is 0 Å².